The monoisotopic (exact) mass is 306 g/mol. The van der Waals surface area contributed by atoms with Crippen molar-refractivity contribution in [2.24, 2.45) is 0 Å². The molecule has 2 amide bonds. The average Bonchev–Trinajstić information content (AvgIpc) is 3.03. The number of nitrogens with one attached hydrogen (secondary N) is 2. The minimum atomic E-state index is -0.170. The maximum atomic E-state index is 11.9. The fourth-order valence-electron chi connectivity index (χ4n) is 2.18. The van der Waals surface area contributed by atoms with Crippen molar-refractivity contribution in [1.82, 2.24) is 10.6 Å². The Labute approximate surface area is 130 Å². The van der Waals surface area contributed by atoms with Crippen molar-refractivity contribution in [2.45, 2.75) is 25.9 Å². The maximum Gasteiger partial charge on any atom is 0.251 e. The summed E-state index contributed by atoms with van der Waals surface area (Å²) in [5.74, 6) is 0.448. The zero-order valence-corrected chi connectivity index (χ0v) is 12.8. The first-order valence-electron chi connectivity index (χ1n) is 7.52. The lowest BCUT2D eigenvalue weighted by molar-refractivity contribution is -0.118. The van der Waals surface area contributed by atoms with E-state index in [2.05, 4.69) is 10.6 Å². The van der Waals surface area contributed by atoms with Crippen LogP contribution in [0, 0.1) is 0 Å². The van der Waals surface area contributed by atoms with Gasteiger partial charge in [0.2, 0.25) is 5.91 Å². The summed E-state index contributed by atoms with van der Waals surface area (Å²) >= 11 is 0. The smallest absolute Gasteiger partial charge is 0.251 e. The highest BCUT2D eigenvalue weighted by Gasteiger charge is 2.16. The van der Waals surface area contributed by atoms with Crippen molar-refractivity contribution in [2.75, 3.05) is 26.3 Å². The Balaban J connectivity index is 1.72. The van der Waals surface area contributed by atoms with Crippen LogP contribution in [0.4, 0.5) is 0 Å². The van der Waals surface area contributed by atoms with Crippen molar-refractivity contribution >= 4 is 11.8 Å². The van der Waals surface area contributed by atoms with Crippen molar-refractivity contribution < 1.29 is 19.1 Å². The molecule has 0 aromatic heterocycles. The molecule has 0 radical (unpaired) electrons. The number of benzene rings is 1. The van der Waals surface area contributed by atoms with Gasteiger partial charge in [-0.3, -0.25) is 9.59 Å². The van der Waals surface area contributed by atoms with Crippen molar-refractivity contribution in [3.63, 3.8) is 0 Å². The van der Waals surface area contributed by atoms with Gasteiger partial charge in [0.1, 0.15) is 12.4 Å². The summed E-state index contributed by atoms with van der Waals surface area (Å²) < 4.78 is 11.1. The molecule has 2 rings (SSSR count). The molecule has 2 N–H and O–H groups in total. The molecule has 1 aliphatic heterocycles. The van der Waals surface area contributed by atoms with E-state index >= 15 is 0 Å². The quantitative estimate of drug-likeness (QED) is 0.740. The van der Waals surface area contributed by atoms with Gasteiger partial charge in [-0.1, -0.05) is 0 Å². The first-order valence-corrected chi connectivity index (χ1v) is 7.52. The van der Waals surface area contributed by atoms with Crippen molar-refractivity contribution in [3.8, 4) is 5.75 Å². The Morgan fingerprint density at radius 1 is 1.23 bits per heavy atom. The van der Waals surface area contributed by atoms with E-state index in [1.807, 2.05) is 0 Å². The molecule has 0 bridgehead atoms. The van der Waals surface area contributed by atoms with Gasteiger partial charge in [0.25, 0.3) is 5.91 Å². The molecule has 120 valence electrons. The second kappa shape index (κ2) is 8.38. The van der Waals surface area contributed by atoms with Gasteiger partial charge in [-0.25, -0.2) is 0 Å². The number of hydrogen-bond donors (Lipinski definition) is 2. The number of amides is 2. The van der Waals surface area contributed by atoms with E-state index in [1.54, 1.807) is 24.3 Å². The SMILES string of the molecule is CC(=O)NCCNC(=O)c1ccc(OC[C@H]2CCCO2)cc1. The Morgan fingerprint density at radius 2 is 1.95 bits per heavy atom. The standard InChI is InChI=1S/C16H22N2O4/c1-12(19)17-8-9-18-16(20)13-4-6-14(7-5-13)22-11-15-3-2-10-21-15/h4-7,15H,2-3,8-11H2,1H3,(H,17,19)(H,18,20)/t15-/m1/s1. The van der Waals surface area contributed by atoms with E-state index in [-0.39, 0.29) is 17.9 Å². The summed E-state index contributed by atoms with van der Waals surface area (Å²) in [5.41, 5.74) is 0.562. The Bertz CT molecular complexity index is 495. The largest absolute Gasteiger partial charge is 0.491 e. The van der Waals surface area contributed by atoms with Crippen LogP contribution in [0.2, 0.25) is 0 Å². The first-order chi connectivity index (χ1) is 10.6. The molecule has 1 aromatic carbocycles. The predicted octanol–water partition coefficient (Wildman–Crippen LogP) is 1.11. The lowest BCUT2D eigenvalue weighted by Crippen LogP contribution is -2.33. The number of hydrogen-bond acceptors (Lipinski definition) is 4. The van der Waals surface area contributed by atoms with Crippen LogP contribution in [-0.2, 0) is 9.53 Å². The molecular weight excluding hydrogens is 284 g/mol. The van der Waals surface area contributed by atoms with Crippen molar-refractivity contribution in [1.29, 1.82) is 0 Å². The summed E-state index contributed by atoms with van der Waals surface area (Å²) in [5, 5.41) is 5.36. The summed E-state index contributed by atoms with van der Waals surface area (Å²) in [6, 6.07) is 6.99. The highest BCUT2D eigenvalue weighted by Crippen LogP contribution is 2.16. The molecule has 1 aliphatic rings. The second-order valence-corrected chi connectivity index (χ2v) is 5.21. The van der Waals surface area contributed by atoms with E-state index in [1.165, 1.54) is 6.92 Å². The molecule has 22 heavy (non-hydrogen) atoms. The number of carbonyl (C=O) groups is 2. The molecule has 1 atom stereocenters. The lowest BCUT2D eigenvalue weighted by Gasteiger charge is -2.11. The normalized spacial score (nSPS) is 17.0. The molecule has 1 saturated heterocycles. The Hall–Kier alpha value is -2.08. The molecule has 1 heterocycles. The predicted molar refractivity (Wildman–Crippen MR) is 81.9 cm³/mol. The highest BCUT2D eigenvalue weighted by molar-refractivity contribution is 5.94. The second-order valence-electron chi connectivity index (χ2n) is 5.21. The summed E-state index contributed by atoms with van der Waals surface area (Å²) in [4.78, 5) is 22.6. The van der Waals surface area contributed by atoms with Gasteiger partial charge in [-0.15, -0.1) is 0 Å². The van der Waals surface area contributed by atoms with Crippen LogP contribution in [0.3, 0.4) is 0 Å². The van der Waals surface area contributed by atoms with Crippen LogP contribution in [0.5, 0.6) is 5.75 Å². The van der Waals surface area contributed by atoms with E-state index in [9.17, 15) is 9.59 Å². The third-order valence-corrected chi connectivity index (χ3v) is 3.36. The van der Waals surface area contributed by atoms with Crippen LogP contribution in [0.15, 0.2) is 24.3 Å². The summed E-state index contributed by atoms with van der Waals surface area (Å²) in [6.45, 7) is 3.62. The van der Waals surface area contributed by atoms with Gasteiger partial charge >= 0.3 is 0 Å². The minimum Gasteiger partial charge on any atom is -0.491 e. The zero-order valence-electron chi connectivity index (χ0n) is 12.8. The summed E-state index contributed by atoms with van der Waals surface area (Å²) in [7, 11) is 0. The van der Waals surface area contributed by atoms with Crippen molar-refractivity contribution in [3.05, 3.63) is 29.8 Å². The van der Waals surface area contributed by atoms with E-state index in [0.717, 1.165) is 25.2 Å². The molecule has 0 aliphatic carbocycles. The molecule has 6 nitrogen and oxygen atoms in total. The van der Waals surface area contributed by atoms with E-state index in [0.29, 0.717) is 25.3 Å². The van der Waals surface area contributed by atoms with Crippen LogP contribution in [-0.4, -0.2) is 44.2 Å². The van der Waals surface area contributed by atoms with Crippen LogP contribution < -0.4 is 15.4 Å². The average molecular weight is 306 g/mol. The van der Waals surface area contributed by atoms with Gasteiger partial charge in [0.15, 0.2) is 0 Å². The third-order valence-electron chi connectivity index (χ3n) is 3.36. The fraction of sp³-hybridized carbons (Fsp3) is 0.500. The molecular formula is C16H22N2O4. The third kappa shape index (κ3) is 5.37. The molecule has 0 spiro atoms. The van der Waals surface area contributed by atoms with Gasteiger partial charge in [0, 0.05) is 32.2 Å². The molecule has 0 unspecified atom stereocenters. The topological polar surface area (TPSA) is 76.7 Å². The number of ether oxygens (including phenoxy) is 2. The van der Waals surface area contributed by atoms with Gasteiger partial charge < -0.3 is 20.1 Å². The van der Waals surface area contributed by atoms with E-state index in [4.69, 9.17) is 9.47 Å². The molecule has 1 aromatic rings. The van der Waals surface area contributed by atoms with Crippen LogP contribution in [0.25, 0.3) is 0 Å². The first kappa shape index (κ1) is 16.3. The Morgan fingerprint density at radius 3 is 2.59 bits per heavy atom. The van der Waals surface area contributed by atoms with Gasteiger partial charge in [0.05, 0.1) is 6.10 Å². The molecule has 0 saturated carbocycles. The van der Waals surface area contributed by atoms with E-state index < -0.39 is 0 Å². The van der Waals surface area contributed by atoms with Gasteiger partial charge in [-0.2, -0.15) is 0 Å². The fourth-order valence-corrected chi connectivity index (χ4v) is 2.18. The lowest BCUT2D eigenvalue weighted by atomic mass is 10.2. The molecule has 1 fully saturated rings. The molecule has 6 heteroatoms. The van der Waals surface area contributed by atoms with Gasteiger partial charge in [-0.05, 0) is 37.1 Å². The number of carbonyl (C=O) groups excluding carboxylic acids is 2. The highest BCUT2D eigenvalue weighted by atomic mass is 16.5. The Kier molecular flexibility index (Phi) is 6.21. The maximum absolute atomic E-state index is 11.9. The van der Waals surface area contributed by atoms with Crippen LogP contribution in [0.1, 0.15) is 30.1 Å². The number of rotatable bonds is 7. The zero-order chi connectivity index (χ0) is 15.8. The minimum absolute atomic E-state index is 0.109. The van der Waals surface area contributed by atoms with Crippen LogP contribution >= 0.6 is 0 Å². The summed E-state index contributed by atoms with van der Waals surface area (Å²) in [6.07, 6.45) is 2.30.